The van der Waals surface area contributed by atoms with E-state index >= 15 is 0 Å². The molecule has 6 nitrogen and oxygen atoms in total. The van der Waals surface area contributed by atoms with Crippen LogP contribution in [0.1, 0.15) is 316 Å². The van der Waals surface area contributed by atoms with E-state index in [1.54, 1.807) is 0 Å². The molecule has 0 aromatic carbocycles. The van der Waals surface area contributed by atoms with Gasteiger partial charge in [-0.25, -0.2) is 0 Å². The van der Waals surface area contributed by atoms with E-state index in [1.807, 2.05) is 0 Å². The van der Waals surface area contributed by atoms with Gasteiger partial charge in [0.1, 0.15) is 13.2 Å². The Morgan fingerprint density at radius 1 is 0.253 bits per heavy atom. The first-order valence-corrected chi connectivity index (χ1v) is 34.7. The van der Waals surface area contributed by atoms with Crippen molar-refractivity contribution in [2.24, 2.45) is 0 Å². The highest BCUT2D eigenvalue weighted by Gasteiger charge is 2.19. The second-order valence-electron chi connectivity index (χ2n) is 22.7. The van der Waals surface area contributed by atoms with Gasteiger partial charge in [-0.2, -0.15) is 0 Å². The molecule has 1 atom stereocenters. The van der Waals surface area contributed by atoms with Crippen LogP contribution in [0.25, 0.3) is 0 Å². The molecule has 6 heteroatoms. The van der Waals surface area contributed by atoms with Crippen LogP contribution >= 0.6 is 0 Å². The molecule has 83 heavy (non-hydrogen) atoms. The fourth-order valence-corrected chi connectivity index (χ4v) is 9.47. The van der Waals surface area contributed by atoms with Gasteiger partial charge < -0.3 is 14.2 Å². The average molecular weight is 1150 g/mol. The molecule has 0 aliphatic carbocycles. The molecule has 472 valence electrons. The largest absolute Gasteiger partial charge is 0.462 e. The molecule has 0 aliphatic rings. The second kappa shape index (κ2) is 70.0. The van der Waals surface area contributed by atoms with E-state index in [0.29, 0.717) is 19.3 Å². The molecule has 1 unspecified atom stereocenters. The summed E-state index contributed by atoms with van der Waals surface area (Å²) in [6.07, 6.45) is 98.9. The third-order valence-corrected chi connectivity index (χ3v) is 14.6. The molecule has 0 spiro atoms. The first-order valence-electron chi connectivity index (χ1n) is 34.7. The Kier molecular flexibility index (Phi) is 66.3. The molecule has 0 aromatic rings. The number of hydrogen-bond donors (Lipinski definition) is 0. The highest BCUT2D eigenvalue weighted by molar-refractivity contribution is 5.71. The van der Waals surface area contributed by atoms with Crippen LogP contribution in [0.4, 0.5) is 0 Å². The molecule has 0 amide bonds. The van der Waals surface area contributed by atoms with Crippen LogP contribution in [0.5, 0.6) is 0 Å². The zero-order valence-corrected chi connectivity index (χ0v) is 54.2. The molecule has 0 radical (unpaired) electrons. The van der Waals surface area contributed by atoms with E-state index in [1.165, 1.54) is 116 Å². The number of esters is 3. The lowest BCUT2D eigenvalue weighted by Gasteiger charge is -2.18. The van der Waals surface area contributed by atoms with E-state index in [0.717, 1.165) is 161 Å². The smallest absolute Gasteiger partial charge is 0.306 e. The van der Waals surface area contributed by atoms with Crippen molar-refractivity contribution in [3.63, 3.8) is 0 Å². The minimum atomic E-state index is -0.797. The Balaban J connectivity index is 4.36. The predicted octanol–water partition coefficient (Wildman–Crippen LogP) is 24.1. The number of unbranched alkanes of at least 4 members (excludes halogenated alkanes) is 29. The Morgan fingerprint density at radius 2 is 0.470 bits per heavy atom. The summed E-state index contributed by atoms with van der Waals surface area (Å²) in [6, 6.07) is 0. The van der Waals surface area contributed by atoms with Crippen molar-refractivity contribution in [2.45, 2.75) is 322 Å². The zero-order chi connectivity index (χ0) is 59.9. The van der Waals surface area contributed by atoms with Crippen LogP contribution in [0.15, 0.2) is 134 Å². The highest BCUT2D eigenvalue weighted by Crippen LogP contribution is 2.16. The van der Waals surface area contributed by atoms with E-state index in [-0.39, 0.29) is 31.1 Å². The molecule has 0 saturated carbocycles. The fraction of sp³-hybridized carbons (Fsp3) is 0.675. The quantitative estimate of drug-likeness (QED) is 0.0261. The molecule has 0 aromatic heterocycles. The van der Waals surface area contributed by atoms with Crippen molar-refractivity contribution in [1.29, 1.82) is 0 Å². The predicted molar refractivity (Wildman–Crippen MR) is 362 cm³/mol. The molecule has 0 N–H and O–H groups in total. The van der Waals surface area contributed by atoms with Crippen LogP contribution in [-0.2, 0) is 28.6 Å². The van der Waals surface area contributed by atoms with Gasteiger partial charge in [0.05, 0.1) is 0 Å². The Hall–Kier alpha value is -4.45. The van der Waals surface area contributed by atoms with E-state index in [4.69, 9.17) is 14.2 Å². The van der Waals surface area contributed by atoms with Crippen molar-refractivity contribution in [3.05, 3.63) is 134 Å². The van der Waals surface area contributed by atoms with Gasteiger partial charge >= 0.3 is 17.9 Å². The summed E-state index contributed by atoms with van der Waals surface area (Å²) in [6.45, 7) is 6.51. The summed E-state index contributed by atoms with van der Waals surface area (Å²) in [4.78, 5) is 38.4. The van der Waals surface area contributed by atoms with Gasteiger partial charge in [0.2, 0.25) is 0 Å². The number of rotatable bonds is 62. The Labute approximate surface area is 513 Å². The van der Waals surface area contributed by atoms with Crippen molar-refractivity contribution >= 4 is 17.9 Å². The standard InChI is InChI=1S/C77H128O6/c1-4-7-10-13-16-19-22-25-28-31-32-33-34-35-36-37-38-39-40-41-42-43-44-45-46-47-50-52-55-58-61-64-67-70-76(79)82-73-74(83-77(80)71-68-65-62-59-56-53-49-30-27-24-21-18-15-12-9-6-3)72-81-75(78)69-66-63-60-57-54-51-48-29-26-23-20-17-14-11-8-5-2/h7,10,16,19,21,24-25,28,30,32-33,35-36,38-39,41-42,44-45,47,49-50,74H,4-6,8-9,11-15,17-18,20,22-23,26-27,29,31,34,37,40,43,46,48,51-73H2,1-3H3/b10-7-,19-16-,24-21-,28-25-,33-32-,36-35-,39-38-,42-41-,45-44-,49-30-,50-47-. The van der Waals surface area contributed by atoms with Gasteiger partial charge in [0.15, 0.2) is 6.10 Å². The lowest BCUT2D eigenvalue weighted by atomic mass is 10.0. The van der Waals surface area contributed by atoms with E-state index in [2.05, 4.69) is 154 Å². The van der Waals surface area contributed by atoms with Crippen molar-refractivity contribution in [1.82, 2.24) is 0 Å². The van der Waals surface area contributed by atoms with Gasteiger partial charge in [-0.3, -0.25) is 14.4 Å². The number of carbonyl (C=O) groups excluding carboxylic acids is 3. The molecule has 0 rings (SSSR count). The Bertz CT molecular complexity index is 1750. The van der Waals surface area contributed by atoms with Gasteiger partial charge in [-0.05, 0) is 122 Å². The minimum absolute atomic E-state index is 0.0899. The summed E-state index contributed by atoms with van der Waals surface area (Å²) < 4.78 is 16.9. The molecule has 0 saturated heterocycles. The summed E-state index contributed by atoms with van der Waals surface area (Å²) in [5, 5.41) is 0. The summed E-state index contributed by atoms with van der Waals surface area (Å²) in [7, 11) is 0. The summed E-state index contributed by atoms with van der Waals surface area (Å²) >= 11 is 0. The number of allylic oxidation sites excluding steroid dienone is 22. The zero-order valence-electron chi connectivity index (χ0n) is 54.2. The average Bonchev–Trinajstić information content (AvgIpc) is 3.49. The van der Waals surface area contributed by atoms with Crippen LogP contribution in [-0.4, -0.2) is 37.2 Å². The maximum Gasteiger partial charge on any atom is 0.306 e. The molecule has 0 fully saturated rings. The van der Waals surface area contributed by atoms with E-state index < -0.39 is 6.10 Å². The lowest BCUT2D eigenvalue weighted by molar-refractivity contribution is -0.167. The van der Waals surface area contributed by atoms with Gasteiger partial charge in [-0.15, -0.1) is 0 Å². The van der Waals surface area contributed by atoms with Crippen LogP contribution in [0.2, 0.25) is 0 Å². The van der Waals surface area contributed by atoms with E-state index in [9.17, 15) is 14.4 Å². The number of carbonyl (C=O) groups is 3. The van der Waals surface area contributed by atoms with Gasteiger partial charge in [-0.1, -0.05) is 309 Å². The molecule has 0 aliphatic heterocycles. The SMILES string of the molecule is CC/C=C\C/C=C\C/C=C\C/C=C\C/C=C\C/C=C\C/C=C\C/C=C\C/C=C\CCCCCCCC(=O)OCC(COC(=O)CCCCCCCCCCCCCCCCCC)OC(=O)CCCCCCC/C=C\C/C=C\CCCCCC. The first-order chi connectivity index (χ1) is 41.0. The highest BCUT2D eigenvalue weighted by atomic mass is 16.6. The Morgan fingerprint density at radius 3 is 0.747 bits per heavy atom. The summed E-state index contributed by atoms with van der Waals surface area (Å²) in [5.74, 6) is -0.915. The fourth-order valence-electron chi connectivity index (χ4n) is 9.47. The molecular weight excluding hydrogens is 1020 g/mol. The summed E-state index contributed by atoms with van der Waals surface area (Å²) in [5.41, 5.74) is 0. The third-order valence-electron chi connectivity index (χ3n) is 14.6. The van der Waals surface area contributed by atoms with Crippen molar-refractivity contribution < 1.29 is 28.6 Å². The van der Waals surface area contributed by atoms with Gasteiger partial charge in [0.25, 0.3) is 0 Å². The maximum atomic E-state index is 12.9. The topological polar surface area (TPSA) is 78.9 Å². The third kappa shape index (κ3) is 68.2. The monoisotopic (exact) mass is 1150 g/mol. The second-order valence-corrected chi connectivity index (χ2v) is 22.7. The first kappa shape index (κ1) is 78.5. The molecule has 0 heterocycles. The van der Waals surface area contributed by atoms with Crippen LogP contribution in [0, 0.1) is 0 Å². The minimum Gasteiger partial charge on any atom is -0.462 e. The molecule has 0 bridgehead atoms. The van der Waals surface area contributed by atoms with Gasteiger partial charge in [0, 0.05) is 19.3 Å². The number of ether oxygens (including phenoxy) is 3. The maximum absolute atomic E-state index is 12.9. The van der Waals surface area contributed by atoms with Crippen molar-refractivity contribution in [2.75, 3.05) is 13.2 Å². The number of hydrogen-bond acceptors (Lipinski definition) is 6. The van der Waals surface area contributed by atoms with Crippen LogP contribution in [0.3, 0.4) is 0 Å². The van der Waals surface area contributed by atoms with Crippen LogP contribution < -0.4 is 0 Å². The lowest BCUT2D eigenvalue weighted by Crippen LogP contribution is -2.30. The molecular formula is C77H128O6. The normalized spacial score (nSPS) is 13.0. The van der Waals surface area contributed by atoms with Crippen molar-refractivity contribution in [3.8, 4) is 0 Å².